The first-order valence-corrected chi connectivity index (χ1v) is 4.12. The van der Waals surface area contributed by atoms with Gasteiger partial charge in [0.2, 0.25) is 0 Å². The van der Waals surface area contributed by atoms with E-state index in [4.69, 9.17) is 0 Å². The van der Waals surface area contributed by atoms with E-state index in [0.29, 0.717) is 11.8 Å². The maximum atomic E-state index is 10.6. The molecule has 1 heterocycles. The molecule has 2 aromatic rings. The Morgan fingerprint density at radius 1 is 1.50 bits per heavy atom. The molecule has 4 heteroatoms. The topological polar surface area (TPSA) is 50.2 Å². The van der Waals surface area contributed by atoms with Crippen molar-refractivity contribution in [1.82, 2.24) is 4.37 Å². The van der Waals surface area contributed by atoms with Crippen LogP contribution in [0, 0.1) is 0 Å². The fourth-order valence-electron chi connectivity index (χ4n) is 1.06. The Morgan fingerprint density at radius 2 is 2.33 bits per heavy atom. The number of aromatic hydroxyl groups is 1. The van der Waals surface area contributed by atoms with E-state index in [-0.39, 0.29) is 5.75 Å². The lowest BCUT2D eigenvalue weighted by atomic mass is 10.2. The summed E-state index contributed by atoms with van der Waals surface area (Å²) in [4.78, 5) is 10.6. The SMILES string of the molecule is O=Cc1c(O)ccc2cnsc12. The summed E-state index contributed by atoms with van der Waals surface area (Å²) in [5.74, 6) is 0.0155. The lowest BCUT2D eigenvalue weighted by molar-refractivity contribution is 0.112. The van der Waals surface area contributed by atoms with Gasteiger partial charge in [-0.25, -0.2) is 0 Å². The minimum atomic E-state index is 0.0155. The summed E-state index contributed by atoms with van der Waals surface area (Å²) >= 11 is 1.21. The zero-order valence-electron chi connectivity index (χ0n) is 6.02. The van der Waals surface area contributed by atoms with Crippen molar-refractivity contribution in [2.24, 2.45) is 0 Å². The van der Waals surface area contributed by atoms with Crippen LogP contribution in [0.1, 0.15) is 10.4 Å². The maximum Gasteiger partial charge on any atom is 0.155 e. The minimum absolute atomic E-state index is 0.0155. The van der Waals surface area contributed by atoms with E-state index < -0.39 is 0 Å². The van der Waals surface area contributed by atoms with E-state index in [1.54, 1.807) is 12.3 Å². The third-order valence-corrected chi connectivity index (χ3v) is 2.51. The Hall–Kier alpha value is -1.42. The van der Waals surface area contributed by atoms with E-state index in [0.717, 1.165) is 10.1 Å². The second-order valence-corrected chi connectivity index (χ2v) is 3.16. The molecular formula is C8H5NO2S. The zero-order chi connectivity index (χ0) is 8.55. The largest absolute Gasteiger partial charge is 0.507 e. The summed E-state index contributed by atoms with van der Waals surface area (Å²) in [6.45, 7) is 0. The van der Waals surface area contributed by atoms with Gasteiger partial charge < -0.3 is 5.11 Å². The normalized spacial score (nSPS) is 10.3. The molecule has 60 valence electrons. The molecule has 1 aromatic carbocycles. The van der Waals surface area contributed by atoms with Crippen molar-refractivity contribution in [3.63, 3.8) is 0 Å². The van der Waals surface area contributed by atoms with Gasteiger partial charge in [0.25, 0.3) is 0 Å². The number of benzene rings is 1. The highest BCUT2D eigenvalue weighted by atomic mass is 32.1. The average molecular weight is 179 g/mol. The highest BCUT2D eigenvalue weighted by Gasteiger charge is 2.06. The van der Waals surface area contributed by atoms with Gasteiger partial charge in [-0.2, -0.15) is 4.37 Å². The van der Waals surface area contributed by atoms with Gasteiger partial charge in [-0.05, 0) is 23.7 Å². The van der Waals surface area contributed by atoms with Crippen LogP contribution in [0.4, 0.5) is 0 Å². The third-order valence-electron chi connectivity index (χ3n) is 1.66. The standard InChI is InChI=1S/C8H5NO2S/c10-4-6-7(11)2-1-5-3-9-12-8(5)6/h1-4,11H. The van der Waals surface area contributed by atoms with Crippen LogP contribution in [0.15, 0.2) is 18.3 Å². The van der Waals surface area contributed by atoms with Gasteiger partial charge in [-0.1, -0.05) is 0 Å². The molecule has 0 amide bonds. The number of nitrogens with zero attached hydrogens (tertiary/aromatic N) is 1. The summed E-state index contributed by atoms with van der Waals surface area (Å²) in [6.07, 6.45) is 2.32. The maximum absolute atomic E-state index is 10.6. The molecule has 0 bridgehead atoms. The van der Waals surface area contributed by atoms with Crippen LogP contribution in [0.5, 0.6) is 5.75 Å². The van der Waals surface area contributed by atoms with Crippen LogP contribution in [0.25, 0.3) is 10.1 Å². The Labute approximate surface area is 72.4 Å². The van der Waals surface area contributed by atoms with E-state index in [1.807, 2.05) is 0 Å². The molecule has 0 spiro atoms. The highest BCUT2D eigenvalue weighted by molar-refractivity contribution is 7.13. The average Bonchev–Trinajstić information content (AvgIpc) is 2.52. The van der Waals surface area contributed by atoms with Gasteiger partial charge >= 0.3 is 0 Å². The van der Waals surface area contributed by atoms with Crippen LogP contribution >= 0.6 is 11.5 Å². The van der Waals surface area contributed by atoms with Crippen molar-refractivity contribution in [3.8, 4) is 5.75 Å². The highest BCUT2D eigenvalue weighted by Crippen LogP contribution is 2.27. The summed E-state index contributed by atoms with van der Waals surface area (Å²) in [7, 11) is 0. The molecule has 1 N–H and O–H groups in total. The number of aromatic nitrogens is 1. The summed E-state index contributed by atoms with van der Waals surface area (Å²) in [5, 5.41) is 10.2. The molecule has 0 saturated heterocycles. The number of hydrogen-bond acceptors (Lipinski definition) is 4. The van der Waals surface area contributed by atoms with Crippen LogP contribution in [-0.4, -0.2) is 15.8 Å². The van der Waals surface area contributed by atoms with E-state index in [9.17, 15) is 9.90 Å². The van der Waals surface area contributed by atoms with Crippen molar-refractivity contribution in [2.75, 3.05) is 0 Å². The predicted molar refractivity (Wildman–Crippen MR) is 46.7 cm³/mol. The molecule has 0 aliphatic rings. The fourth-order valence-corrected chi connectivity index (χ4v) is 1.81. The van der Waals surface area contributed by atoms with E-state index in [2.05, 4.69) is 4.37 Å². The molecule has 2 rings (SSSR count). The number of carbonyl (C=O) groups is 1. The first-order chi connectivity index (χ1) is 5.83. The molecule has 1 aromatic heterocycles. The lowest BCUT2D eigenvalue weighted by Gasteiger charge is -1.95. The first-order valence-electron chi connectivity index (χ1n) is 3.34. The van der Waals surface area contributed by atoms with Crippen molar-refractivity contribution in [3.05, 3.63) is 23.9 Å². The fraction of sp³-hybridized carbons (Fsp3) is 0. The van der Waals surface area contributed by atoms with Crippen molar-refractivity contribution < 1.29 is 9.90 Å². The molecule has 0 fully saturated rings. The molecule has 0 aliphatic carbocycles. The molecule has 12 heavy (non-hydrogen) atoms. The van der Waals surface area contributed by atoms with Gasteiger partial charge in [0.15, 0.2) is 6.29 Å². The Kier molecular flexibility index (Phi) is 1.55. The van der Waals surface area contributed by atoms with Crippen LogP contribution in [0.2, 0.25) is 0 Å². The lowest BCUT2D eigenvalue weighted by Crippen LogP contribution is -1.80. The van der Waals surface area contributed by atoms with Crippen LogP contribution in [0.3, 0.4) is 0 Å². The molecule has 0 aliphatic heterocycles. The number of aldehydes is 1. The molecule has 3 nitrogen and oxygen atoms in total. The van der Waals surface area contributed by atoms with Crippen molar-refractivity contribution in [1.29, 1.82) is 0 Å². The number of hydrogen-bond donors (Lipinski definition) is 1. The Balaban J connectivity index is 2.91. The van der Waals surface area contributed by atoms with Gasteiger partial charge in [0.1, 0.15) is 5.75 Å². The second-order valence-electron chi connectivity index (χ2n) is 2.36. The summed E-state index contributed by atoms with van der Waals surface area (Å²) < 4.78 is 4.66. The zero-order valence-corrected chi connectivity index (χ0v) is 6.84. The van der Waals surface area contributed by atoms with Crippen molar-refractivity contribution >= 4 is 27.9 Å². The number of rotatable bonds is 1. The van der Waals surface area contributed by atoms with Gasteiger partial charge in [0.05, 0.1) is 10.3 Å². The van der Waals surface area contributed by atoms with Crippen molar-refractivity contribution in [2.45, 2.75) is 0 Å². The second kappa shape index (κ2) is 2.57. The first kappa shape index (κ1) is 7.24. The number of carbonyl (C=O) groups excluding carboxylic acids is 1. The molecule has 0 atom stereocenters. The quantitative estimate of drug-likeness (QED) is 0.679. The molecule has 0 saturated carbocycles. The van der Waals surface area contributed by atoms with Gasteiger partial charge in [-0.15, -0.1) is 0 Å². The van der Waals surface area contributed by atoms with Gasteiger partial charge in [-0.3, -0.25) is 4.79 Å². The Morgan fingerprint density at radius 3 is 3.08 bits per heavy atom. The number of phenolic OH excluding ortho intramolecular Hbond substituents is 1. The molecular weight excluding hydrogens is 174 g/mol. The van der Waals surface area contributed by atoms with Crippen LogP contribution < -0.4 is 0 Å². The third kappa shape index (κ3) is 0.887. The molecule has 0 radical (unpaired) electrons. The monoisotopic (exact) mass is 179 g/mol. The van der Waals surface area contributed by atoms with Gasteiger partial charge in [0, 0.05) is 11.6 Å². The summed E-state index contributed by atoms with van der Waals surface area (Å²) in [6, 6.07) is 3.24. The smallest absolute Gasteiger partial charge is 0.155 e. The van der Waals surface area contributed by atoms with Crippen LogP contribution in [-0.2, 0) is 0 Å². The molecule has 0 unspecified atom stereocenters. The predicted octanol–water partition coefficient (Wildman–Crippen LogP) is 1.81. The van der Waals surface area contributed by atoms with E-state index in [1.165, 1.54) is 17.6 Å². The summed E-state index contributed by atoms with van der Waals surface area (Å²) in [5.41, 5.74) is 0.329. The van der Waals surface area contributed by atoms with E-state index >= 15 is 0 Å². The number of fused-ring (bicyclic) bond motifs is 1. The number of phenols is 1. The minimum Gasteiger partial charge on any atom is -0.507 e. The Bertz CT molecular complexity index is 436.